The van der Waals surface area contributed by atoms with Crippen molar-refractivity contribution < 1.29 is 13.2 Å². The van der Waals surface area contributed by atoms with E-state index in [2.05, 4.69) is 21.2 Å². The molecule has 0 aliphatic rings. The molecule has 0 radical (unpaired) electrons. The summed E-state index contributed by atoms with van der Waals surface area (Å²) in [6, 6.07) is 18.3. The summed E-state index contributed by atoms with van der Waals surface area (Å²) in [5, 5.41) is 2.76. The lowest BCUT2D eigenvalue weighted by molar-refractivity contribution is -0.114. The van der Waals surface area contributed by atoms with Gasteiger partial charge in [0.1, 0.15) is 6.54 Å². The van der Waals surface area contributed by atoms with Crippen LogP contribution < -0.4 is 15.3 Å². The number of imidazole rings is 1. The lowest BCUT2D eigenvalue weighted by atomic mass is 10.2. The molecule has 0 bridgehead atoms. The zero-order valence-electron chi connectivity index (χ0n) is 18.8. The molecule has 1 amide bonds. The van der Waals surface area contributed by atoms with Gasteiger partial charge in [-0.1, -0.05) is 39.7 Å². The highest BCUT2D eigenvalue weighted by molar-refractivity contribution is 9.10. The minimum Gasteiger partial charge on any atom is -0.324 e. The van der Waals surface area contributed by atoms with Crippen molar-refractivity contribution in [1.29, 1.82) is 0 Å². The SMILES string of the molecule is Cc1ccc(S(=O)(=O)N(CC(=O)Nc2ccc3c(c2)n(C)c(=O)n3C)c2cccc(Br)c2)cc1. The number of rotatable bonds is 6. The molecule has 1 N–H and O–H groups in total. The van der Waals surface area contributed by atoms with Gasteiger partial charge in [-0.2, -0.15) is 0 Å². The molecular formula is C24H23BrN4O4S. The molecule has 0 aliphatic heterocycles. The topological polar surface area (TPSA) is 93.4 Å². The first-order valence-corrected chi connectivity index (χ1v) is 12.6. The monoisotopic (exact) mass is 542 g/mol. The fourth-order valence-electron chi connectivity index (χ4n) is 3.70. The minimum absolute atomic E-state index is 0.0894. The van der Waals surface area contributed by atoms with Gasteiger partial charge in [0, 0.05) is 24.3 Å². The molecule has 10 heteroatoms. The molecule has 0 saturated heterocycles. The molecule has 1 aromatic heterocycles. The van der Waals surface area contributed by atoms with Crippen molar-refractivity contribution in [3.63, 3.8) is 0 Å². The highest BCUT2D eigenvalue weighted by Gasteiger charge is 2.27. The Balaban J connectivity index is 1.67. The van der Waals surface area contributed by atoms with E-state index in [0.29, 0.717) is 21.4 Å². The van der Waals surface area contributed by atoms with E-state index >= 15 is 0 Å². The summed E-state index contributed by atoms with van der Waals surface area (Å²) in [7, 11) is -0.688. The lowest BCUT2D eigenvalue weighted by Gasteiger charge is -2.24. The van der Waals surface area contributed by atoms with Gasteiger partial charge in [-0.25, -0.2) is 13.2 Å². The Morgan fingerprint density at radius 1 is 0.971 bits per heavy atom. The van der Waals surface area contributed by atoms with Gasteiger partial charge in [0.05, 0.1) is 21.6 Å². The number of carbonyl (C=O) groups excluding carboxylic acids is 1. The van der Waals surface area contributed by atoms with Gasteiger partial charge in [0.15, 0.2) is 0 Å². The summed E-state index contributed by atoms with van der Waals surface area (Å²) in [4.78, 5) is 25.3. The molecule has 0 fully saturated rings. The molecule has 0 spiro atoms. The Morgan fingerprint density at radius 2 is 1.65 bits per heavy atom. The highest BCUT2D eigenvalue weighted by Crippen LogP contribution is 2.27. The van der Waals surface area contributed by atoms with Gasteiger partial charge in [-0.05, 0) is 55.5 Å². The smallest absolute Gasteiger partial charge is 0.324 e. The van der Waals surface area contributed by atoms with Crippen LogP contribution in [0.4, 0.5) is 11.4 Å². The van der Waals surface area contributed by atoms with Crippen LogP contribution in [0, 0.1) is 6.92 Å². The maximum absolute atomic E-state index is 13.5. The second-order valence-corrected chi connectivity index (χ2v) is 10.7. The predicted octanol–water partition coefficient (Wildman–Crippen LogP) is 3.78. The van der Waals surface area contributed by atoms with E-state index in [1.807, 2.05) is 6.92 Å². The number of nitrogens with zero attached hydrogens (tertiary/aromatic N) is 3. The largest absolute Gasteiger partial charge is 0.328 e. The van der Waals surface area contributed by atoms with E-state index < -0.39 is 22.5 Å². The Morgan fingerprint density at radius 3 is 2.32 bits per heavy atom. The van der Waals surface area contributed by atoms with Crippen molar-refractivity contribution in [3.8, 4) is 0 Å². The quantitative estimate of drug-likeness (QED) is 0.401. The third-order valence-electron chi connectivity index (χ3n) is 5.55. The first-order valence-electron chi connectivity index (χ1n) is 10.4. The lowest BCUT2D eigenvalue weighted by Crippen LogP contribution is -2.38. The van der Waals surface area contributed by atoms with Gasteiger partial charge >= 0.3 is 5.69 Å². The van der Waals surface area contributed by atoms with Crippen molar-refractivity contribution >= 4 is 54.3 Å². The van der Waals surface area contributed by atoms with Gasteiger partial charge in [0.2, 0.25) is 5.91 Å². The number of halogens is 1. The number of carbonyl (C=O) groups is 1. The van der Waals surface area contributed by atoms with Gasteiger partial charge in [-0.3, -0.25) is 18.2 Å². The third-order valence-corrected chi connectivity index (χ3v) is 7.83. The Hall–Kier alpha value is -3.37. The number of aromatic nitrogens is 2. The van der Waals surface area contributed by atoms with E-state index in [9.17, 15) is 18.0 Å². The Bertz CT molecular complexity index is 1560. The van der Waals surface area contributed by atoms with Crippen molar-refractivity contribution in [2.24, 2.45) is 14.1 Å². The summed E-state index contributed by atoms with van der Waals surface area (Å²) in [6.45, 7) is 1.44. The fraction of sp³-hybridized carbons (Fsp3) is 0.167. The van der Waals surface area contributed by atoms with Crippen molar-refractivity contribution in [3.05, 3.63) is 87.3 Å². The van der Waals surface area contributed by atoms with Crippen LogP contribution >= 0.6 is 15.9 Å². The maximum Gasteiger partial charge on any atom is 0.328 e. The van der Waals surface area contributed by atoms with Crippen LogP contribution in [0.25, 0.3) is 11.0 Å². The number of benzene rings is 3. The number of nitrogens with one attached hydrogen (secondary N) is 1. The molecule has 0 saturated carbocycles. The minimum atomic E-state index is -4.02. The molecule has 3 aromatic carbocycles. The van der Waals surface area contributed by atoms with Crippen molar-refractivity contribution in [2.45, 2.75) is 11.8 Å². The average Bonchev–Trinajstić information content (AvgIpc) is 3.01. The first kappa shape index (κ1) is 23.8. The number of amides is 1. The van der Waals surface area contributed by atoms with Crippen LogP contribution in [-0.4, -0.2) is 30.0 Å². The summed E-state index contributed by atoms with van der Waals surface area (Å²) in [5.74, 6) is -0.518. The van der Waals surface area contributed by atoms with Gasteiger partial charge < -0.3 is 5.32 Å². The first-order chi connectivity index (χ1) is 16.1. The van der Waals surface area contributed by atoms with Crippen molar-refractivity contribution in [2.75, 3.05) is 16.2 Å². The molecule has 4 rings (SSSR count). The standard InChI is InChI=1S/C24H23BrN4O4S/c1-16-7-10-20(11-8-16)34(32,33)29(19-6-4-5-17(25)13-19)15-23(30)26-18-9-12-21-22(14-18)28(3)24(31)27(21)2/h4-14H,15H2,1-3H3,(H,26,30). The van der Waals surface area contributed by atoms with E-state index in [0.717, 1.165) is 15.4 Å². The van der Waals surface area contributed by atoms with E-state index in [1.165, 1.54) is 21.3 Å². The number of hydrogen-bond donors (Lipinski definition) is 1. The third kappa shape index (κ3) is 4.51. The maximum atomic E-state index is 13.5. The molecule has 0 aliphatic carbocycles. The number of aryl methyl sites for hydroxylation is 3. The molecule has 0 unspecified atom stereocenters. The van der Waals surface area contributed by atoms with Crippen LogP contribution in [-0.2, 0) is 28.9 Å². The molecule has 4 aromatic rings. The molecular weight excluding hydrogens is 520 g/mol. The molecule has 8 nitrogen and oxygen atoms in total. The van der Waals surface area contributed by atoms with Crippen molar-refractivity contribution in [1.82, 2.24) is 9.13 Å². The zero-order valence-corrected chi connectivity index (χ0v) is 21.2. The van der Waals surface area contributed by atoms with Crippen LogP contribution in [0.3, 0.4) is 0 Å². The van der Waals surface area contributed by atoms with E-state index in [1.54, 1.807) is 68.7 Å². The second kappa shape index (κ2) is 9.11. The van der Waals surface area contributed by atoms with Crippen LogP contribution in [0.1, 0.15) is 5.56 Å². The molecule has 1 heterocycles. The van der Waals surface area contributed by atoms with Crippen LogP contribution in [0.15, 0.2) is 80.9 Å². The van der Waals surface area contributed by atoms with Gasteiger partial charge in [-0.15, -0.1) is 0 Å². The van der Waals surface area contributed by atoms with E-state index in [4.69, 9.17) is 0 Å². The zero-order chi connectivity index (χ0) is 24.6. The van der Waals surface area contributed by atoms with Crippen LogP contribution in [0.5, 0.6) is 0 Å². The Kier molecular flexibility index (Phi) is 6.37. The number of anilines is 2. The summed E-state index contributed by atoms with van der Waals surface area (Å²) >= 11 is 3.37. The fourth-order valence-corrected chi connectivity index (χ4v) is 5.50. The summed E-state index contributed by atoms with van der Waals surface area (Å²) in [5.41, 5.74) is 2.94. The predicted molar refractivity (Wildman–Crippen MR) is 137 cm³/mol. The number of sulfonamides is 1. The molecule has 0 atom stereocenters. The van der Waals surface area contributed by atoms with E-state index in [-0.39, 0.29) is 10.6 Å². The average molecular weight is 543 g/mol. The highest BCUT2D eigenvalue weighted by atomic mass is 79.9. The summed E-state index contributed by atoms with van der Waals surface area (Å²) in [6.07, 6.45) is 0. The normalized spacial score (nSPS) is 11.5. The van der Waals surface area contributed by atoms with Gasteiger partial charge in [0.25, 0.3) is 10.0 Å². The molecule has 34 heavy (non-hydrogen) atoms. The Labute approximate surface area is 205 Å². The molecule has 176 valence electrons. The summed E-state index contributed by atoms with van der Waals surface area (Å²) < 4.78 is 31.8. The second-order valence-electron chi connectivity index (χ2n) is 7.96. The number of hydrogen-bond acceptors (Lipinski definition) is 4. The number of fused-ring (bicyclic) bond motifs is 1. The van der Waals surface area contributed by atoms with Crippen LogP contribution in [0.2, 0.25) is 0 Å².